The van der Waals surface area contributed by atoms with E-state index in [0.29, 0.717) is 26.1 Å². The van der Waals surface area contributed by atoms with Crippen LogP contribution >= 0.6 is 0 Å². The molecule has 1 aliphatic rings. The third-order valence-corrected chi connectivity index (χ3v) is 5.02. The summed E-state index contributed by atoms with van der Waals surface area (Å²) in [7, 11) is -2.94. The van der Waals surface area contributed by atoms with E-state index >= 15 is 0 Å². The van der Waals surface area contributed by atoms with Crippen molar-refractivity contribution in [2.24, 2.45) is 0 Å². The van der Waals surface area contributed by atoms with Crippen LogP contribution in [0.3, 0.4) is 0 Å². The molecule has 5 nitrogen and oxygen atoms in total. The first-order valence-corrected chi connectivity index (χ1v) is 8.03. The second-order valence-electron chi connectivity index (χ2n) is 4.30. The summed E-state index contributed by atoms with van der Waals surface area (Å²) in [6, 6.07) is -0.183. The summed E-state index contributed by atoms with van der Waals surface area (Å²) >= 11 is 0. The molecule has 0 N–H and O–H groups in total. The minimum absolute atomic E-state index is 0.0420. The Kier molecular flexibility index (Phi) is 4.80. The monoisotopic (exact) mass is 262 g/mol. The molecule has 1 rings (SSSR count). The number of sulfone groups is 1. The first-order chi connectivity index (χ1) is 7.95. The van der Waals surface area contributed by atoms with Crippen LogP contribution < -0.4 is 0 Å². The zero-order valence-electron chi connectivity index (χ0n) is 10.8. The molecule has 1 heterocycles. The van der Waals surface area contributed by atoms with Crippen molar-refractivity contribution in [3.8, 4) is 0 Å². The molecule has 1 fully saturated rings. The van der Waals surface area contributed by atoms with E-state index in [0.717, 1.165) is 0 Å². The Bertz CT molecular complexity index is 363. The average Bonchev–Trinajstić information content (AvgIpc) is 2.62. The summed E-state index contributed by atoms with van der Waals surface area (Å²) in [6.45, 7) is 7.64. The Hall–Kier alpha value is -0.780. The SMILES string of the molecule is CCN(CC)C(=O)N(CC)C1CCS(=O)(=O)C1. The van der Waals surface area contributed by atoms with E-state index in [1.807, 2.05) is 20.8 Å². The molecule has 2 amide bonds. The number of hydrogen-bond donors (Lipinski definition) is 0. The van der Waals surface area contributed by atoms with E-state index in [1.54, 1.807) is 9.80 Å². The molecule has 1 unspecified atom stereocenters. The van der Waals surface area contributed by atoms with Crippen LogP contribution in [0.15, 0.2) is 0 Å². The van der Waals surface area contributed by atoms with Gasteiger partial charge in [-0.2, -0.15) is 0 Å². The molecule has 0 spiro atoms. The molecule has 0 aromatic carbocycles. The molecule has 0 aliphatic carbocycles. The van der Waals surface area contributed by atoms with E-state index in [2.05, 4.69) is 0 Å². The highest BCUT2D eigenvalue weighted by molar-refractivity contribution is 7.91. The fraction of sp³-hybridized carbons (Fsp3) is 0.909. The zero-order valence-corrected chi connectivity index (χ0v) is 11.7. The smallest absolute Gasteiger partial charge is 0.320 e. The molecule has 0 aromatic rings. The Labute approximate surface area is 104 Å². The van der Waals surface area contributed by atoms with E-state index in [-0.39, 0.29) is 23.6 Å². The van der Waals surface area contributed by atoms with Gasteiger partial charge in [0.25, 0.3) is 0 Å². The predicted molar refractivity (Wildman–Crippen MR) is 67.8 cm³/mol. The van der Waals surface area contributed by atoms with Gasteiger partial charge in [-0.15, -0.1) is 0 Å². The predicted octanol–water partition coefficient (Wildman–Crippen LogP) is 0.957. The van der Waals surface area contributed by atoms with Crippen LogP contribution in [0.4, 0.5) is 4.79 Å². The molecule has 1 aliphatic heterocycles. The van der Waals surface area contributed by atoms with Gasteiger partial charge in [0.05, 0.1) is 11.5 Å². The van der Waals surface area contributed by atoms with Gasteiger partial charge in [0.2, 0.25) is 0 Å². The maximum atomic E-state index is 12.2. The molecular weight excluding hydrogens is 240 g/mol. The van der Waals surface area contributed by atoms with Crippen molar-refractivity contribution >= 4 is 15.9 Å². The Morgan fingerprint density at radius 1 is 1.18 bits per heavy atom. The van der Waals surface area contributed by atoms with E-state index < -0.39 is 9.84 Å². The molecule has 0 aromatic heterocycles. The largest absolute Gasteiger partial charge is 0.325 e. The standard InChI is InChI=1S/C11H22N2O3S/c1-4-12(5-2)11(14)13(6-3)10-7-8-17(15,16)9-10/h10H,4-9H2,1-3H3. The maximum Gasteiger partial charge on any atom is 0.320 e. The van der Waals surface area contributed by atoms with Crippen LogP contribution in [-0.4, -0.2) is 61.4 Å². The summed E-state index contributed by atoms with van der Waals surface area (Å²) in [5.41, 5.74) is 0. The second kappa shape index (κ2) is 5.71. The number of nitrogens with zero attached hydrogens (tertiary/aromatic N) is 2. The van der Waals surface area contributed by atoms with Gasteiger partial charge in [-0.25, -0.2) is 13.2 Å². The van der Waals surface area contributed by atoms with Crippen molar-refractivity contribution in [3.63, 3.8) is 0 Å². The first-order valence-electron chi connectivity index (χ1n) is 6.21. The summed E-state index contributed by atoms with van der Waals surface area (Å²) in [4.78, 5) is 15.6. The maximum absolute atomic E-state index is 12.2. The molecule has 0 radical (unpaired) electrons. The van der Waals surface area contributed by atoms with Crippen molar-refractivity contribution < 1.29 is 13.2 Å². The normalized spacial score (nSPS) is 22.4. The van der Waals surface area contributed by atoms with Gasteiger partial charge in [0, 0.05) is 25.7 Å². The topological polar surface area (TPSA) is 57.7 Å². The van der Waals surface area contributed by atoms with Crippen molar-refractivity contribution in [2.45, 2.75) is 33.2 Å². The third-order valence-electron chi connectivity index (χ3n) is 3.27. The van der Waals surface area contributed by atoms with Crippen LogP contribution in [0.25, 0.3) is 0 Å². The molecule has 0 bridgehead atoms. The third kappa shape index (κ3) is 3.34. The summed E-state index contributed by atoms with van der Waals surface area (Å²) < 4.78 is 22.9. The number of urea groups is 1. The van der Waals surface area contributed by atoms with Crippen molar-refractivity contribution in [2.75, 3.05) is 31.1 Å². The van der Waals surface area contributed by atoms with Crippen LogP contribution in [0.5, 0.6) is 0 Å². The van der Waals surface area contributed by atoms with E-state index in [1.165, 1.54) is 0 Å². The van der Waals surface area contributed by atoms with Crippen LogP contribution in [-0.2, 0) is 9.84 Å². The second-order valence-corrected chi connectivity index (χ2v) is 6.53. The van der Waals surface area contributed by atoms with Crippen molar-refractivity contribution in [3.05, 3.63) is 0 Å². The summed E-state index contributed by atoms with van der Waals surface area (Å²) in [6.07, 6.45) is 0.573. The zero-order chi connectivity index (χ0) is 13.1. The molecule has 1 atom stereocenters. The van der Waals surface area contributed by atoms with Gasteiger partial charge in [-0.3, -0.25) is 0 Å². The lowest BCUT2D eigenvalue weighted by molar-refractivity contribution is 0.145. The quantitative estimate of drug-likeness (QED) is 0.758. The lowest BCUT2D eigenvalue weighted by Crippen LogP contribution is -2.48. The number of carbonyl (C=O) groups is 1. The molecule has 17 heavy (non-hydrogen) atoms. The number of rotatable bonds is 4. The molecule has 0 saturated carbocycles. The van der Waals surface area contributed by atoms with E-state index in [9.17, 15) is 13.2 Å². The molecule has 100 valence electrons. The first kappa shape index (κ1) is 14.3. The van der Waals surface area contributed by atoms with Crippen LogP contribution in [0, 0.1) is 0 Å². The van der Waals surface area contributed by atoms with Gasteiger partial charge in [-0.1, -0.05) is 0 Å². The van der Waals surface area contributed by atoms with Gasteiger partial charge in [0.15, 0.2) is 9.84 Å². The van der Waals surface area contributed by atoms with Crippen molar-refractivity contribution in [1.82, 2.24) is 9.80 Å². The Balaban J connectivity index is 2.75. The fourth-order valence-corrected chi connectivity index (χ4v) is 3.98. The lowest BCUT2D eigenvalue weighted by atomic mass is 10.2. The van der Waals surface area contributed by atoms with Gasteiger partial charge in [-0.05, 0) is 27.2 Å². The van der Waals surface area contributed by atoms with E-state index in [4.69, 9.17) is 0 Å². The van der Waals surface area contributed by atoms with Gasteiger partial charge in [0.1, 0.15) is 0 Å². The van der Waals surface area contributed by atoms with Crippen LogP contribution in [0.1, 0.15) is 27.2 Å². The Morgan fingerprint density at radius 2 is 1.76 bits per heavy atom. The minimum atomic E-state index is -2.94. The van der Waals surface area contributed by atoms with Crippen molar-refractivity contribution in [1.29, 1.82) is 0 Å². The summed E-state index contributed by atoms with van der Waals surface area (Å²) in [5, 5.41) is 0. The van der Waals surface area contributed by atoms with Gasteiger partial charge >= 0.3 is 6.03 Å². The van der Waals surface area contributed by atoms with Crippen LogP contribution in [0.2, 0.25) is 0 Å². The number of amides is 2. The molecule has 1 saturated heterocycles. The highest BCUT2D eigenvalue weighted by atomic mass is 32.2. The number of carbonyl (C=O) groups excluding carboxylic acids is 1. The number of hydrogen-bond acceptors (Lipinski definition) is 3. The highest BCUT2D eigenvalue weighted by Crippen LogP contribution is 2.18. The van der Waals surface area contributed by atoms with Gasteiger partial charge < -0.3 is 9.80 Å². The summed E-state index contributed by atoms with van der Waals surface area (Å²) in [5.74, 6) is 0.327. The fourth-order valence-electron chi connectivity index (χ4n) is 2.25. The Morgan fingerprint density at radius 3 is 2.12 bits per heavy atom. The molecular formula is C11H22N2O3S. The minimum Gasteiger partial charge on any atom is -0.325 e. The molecule has 6 heteroatoms. The average molecular weight is 262 g/mol. The lowest BCUT2D eigenvalue weighted by Gasteiger charge is -2.32. The highest BCUT2D eigenvalue weighted by Gasteiger charge is 2.34.